The van der Waals surface area contributed by atoms with Crippen molar-refractivity contribution in [3.63, 3.8) is 0 Å². The molecule has 0 heterocycles. The van der Waals surface area contributed by atoms with Gasteiger partial charge in [0.25, 0.3) is 0 Å². The first-order valence-corrected chi connectivity index (χ1v) is 26.6. The van der Waals surface area contributed by atoms with Crippen molar-refractivity contribution in [2.24, 2.45) is 0 Å². The Morgan fingerprint density at radius 1 is 0.500 bits per heavy atom. The van der Waals surface area contributed by atoms with Gasteiger partial charge in [-0.2, -0.15) is 0 Å². The molecular formula is C54H103NO5. The van der Waals surface area contributed by atoms with Crippen LogP contribution in [0.15, 0.2) is 24.3 Å². The minimum absolute atomic E-state index is 0.0801. The van der Waals surface area contributed by atoms with Crippen molar-refractivity contribution in [3.8, 4) is 0 Å². The zero-order valence-corrected chi connectivity index (χ0v) is 40.4. The highest BCUT2D eigenvalue weighted by Crippen LogP contribution is 2.19. The number of aliphatic hydroxyl groups excluding tert-OH is 2. The van der Waals surface area contributed by atoms with Gasteiger partial charge in [-0.1, -0.05) is 244 Å². The van der Waals surface area contributed by atoms with Crippen LogP contribution in [-0.2, 0) is 14.3 Å². The smallest absolute Gasteiger partial charge is 0.306 e. The van der Waals surface area contributed by atoms with E-state index in [1.165, 1.54) is 173 Å². The lowest BCUT2D eigenvalue weighted by atomic mass is 10.0. The minimum Gasteiger partial charge on any atom is -0.462 e. The largest absolute Gasteiger partial charge is 0.462 e. The zero-order valence-electron chi connectivity index (χ0n) is 40.4. The number of hydrogen-bond acceptors (Lipinski definition) is 5. The number of hydrogen-bond donors (Lipinski definition) is 3. The Morgan fingerprint density at radius 2 is 0.900 bits per heavy atom. The molecule has 0 rings (SSSR count). The summed E-state index contributed by atoms with van der Waals surface area (Å²) in [6.45, 7) is 6.40. The molecule has 0 saturated carbocycles. The first-order chi connectivity index (χ1) is 29.5. The second-order valence-corrected chi connectivity index (χ2v) is 18.3. The van der Waals surface area contributed by atoms with Gasteiger partial charge in [0, 0.05) is 6.42 Å². The van der Waals surface area contributed by atoms with E-state index < -0.39 is 18.2 Å². The Hall–Kier alpha value is -1.66. The van der Waals surface area contributed by atoms with Gasteiger partial charge in [-0.3, -0.25) is 9.59 Å². The van der Waals surface area contributed by atoms with Crippen LogP contribution in [-0.4, -0.2) is 46.9 Å². The Labute approximate surface area is 373 Å². The van der Waals surface area contributed by atoms with Crippen molar-refractivity contribution in [2.45, 2.75) is 302 Å². The van der Waals surface area contributed by atoms with Gasteiger partial charge in [-0.25, -0.2) is 0 Å². The summed E-state index contributed by atoms with van der Waals surface area (Å²) in [5.74, 6) is -0.468. The van der Waals surface area contributed by atoms with Crippen LogP contribution in [0.4, 0.5) is 0 Å². The van der Waals surface area contributed by atoms with Crippen LogP contribution in [0.1, 0.15) is 284 Å². The maximum absolute atomic E-state index is 13.2. The molecule has 0 spiro atoms. The molecule has 6 heteroatoms. The average molecular weight is 846 g/mol. The molecule has 3 N–H and O–H groups in total. The molecule has 0 radical (unpaired) electrons. The van der Waals surface area contributed by atoms with E-state index in [1.54, 1.807) is 0 Å². The minimum atomic E-state index is -0.784. The summed E-state index contributed by atoms with van der Waals surface area (Å²) in [5, 5.41) is 23.8. The third-order valence-corrected chi connectivity index (χ3v) is 12.3. The summed E-state index contributed by atoms with van der Waals surface area (Å²) in [7, 11) is 0. The van der Waals surface area contributed by atoms with Gasteiger partial charge in [0.1, 0.15) is 6.10 Å². The van der Waals surface area contributed by atoms with Crippen LogP contribution >= 0.6 is 0 Å². The Balaban J connectivity index is 4.53. The molecule has 0 fully saturated rings. The average Bonchev–Trinajstić information content (AvgIpc) is 3.24. The molecule has 3 unspecified atom stereocenters. The van der Waals surface area contributed by atoms with E-state index in [0.29, 0.717) is 19.3 Å². The normalized spacial score (nSPS) is 13.3. The van der Waals surface area contributed by atoms with Crippen LogP contribution in [0.3, 0.4) is 0 Å². The molecule has 0 saturated heterocycles. The summed E-state index contributed by atoms with van der Waals surface area (Å²) >= 11 is 0. The molecule has 0 aromatic heterocycles. The van der Waals surface area contributed by atoms with E-state index in [9.17, 15) is 19.8 Å². The third-order valence-electron chi connectivity index (χ3n) is 12.3. The number of aliphatic hydroxyl groups is 2. The molecule has 354 valence electrons. The molecule has 0 aromatic rings. The summed E-state index contributed by atoms with van der Waals surface area (Å²) in [5.41, 5.74) is 0. The molecule has 1 amide bonds. The van der Waals surface area contributed by atoms with Gasteiger partial charge < -0.3 is 20.3 Å². The molecule has 6 nitrogen and oxygen atoms in total. The second kappa shape index (κ2) is 48.4. The summed E-state index contributed by atoms with van der Waals surface area (Å²) in [4.78, 5) is 26.2. The van der Waals surface area contributed by atoms with E-state index in [4.69, 9.17) is 4.74 Å². The number of carbonyl (C=O) groups is 2. The van der Waals surface area contributed by atoms with E-state index in [0.717, 1.165) is 64.2 Å². The topological polar surface area (TPSA) is 95.9 Å². The first-order valence-electron chi connectivity index (χ1n) is 26.6. The highest BCUT2D eigenvalue weighted by atomic mass is 16.5. The first kappa shape index (κ1) is 58.3. The number of unbranched alkanes of at least 4 members (excludes halogenated alkanes) is 32. The number of allylic oxidation sites excluding steroid dienone is 4. The fourth-order valence-corrected chi connectivity index (χ4v) is 8.29. The van der Waals surface area contributed by atoms with Crippen molar-refractivity contribution in [1.29, 1.82) is 0 Å². The van der Waals surface area contributed by atoms with Gasteiger partial charge in [-0.15, -0.1) is 0 Å². The molecule has 0 aliphatic carbocycles. The van der Waals surface area contributed by atoms with Gasteiger partial charge in [-0.05, 0) is 51.4 Å². The number of ether oxygens (including phenoxy) is 1. The fraction of sp³-hybridized carbons (Fsp3) is 0.889. The van der Waals surface area contributed by atoms with E-state index >= 15 is 0 Å². The lowest BCUT2D eigenvalue weighted by molar-refractivity contribution is -0.151. The molecular weight excluding hydrogens is 743 g/mol. The zero-order chi connectivity index (χ0) is 43.8. The van der Waals surface area contributed by atoms with Crippen molar-refractivity contribution >= 4 is 11.9 Å². The maximum atomic E-state index is 13.2. The number of amides is 1. The van der Waals surface area contributed by atoms with E-state index in [1.807, 2.05) is 0 Å². The molecule has 60 heavy (non-hydrogen) atoms. The molecule has 0 aromatic carbocycles. The second-order valence-electron chi connectivity index (χ2n) is 18.3. The highest BCUT2D eigenvalue weighted by Gasteiger charge is 2.24. The molecule has 0 aliphatic heterocycles. The standard InChI is InChI=1S/C54H103NO5/c1-4-7-10-13-16-19-22-25-28-31-34-37-40-43-46-52(57)51(49-56)55-53(58)48-50(45-42-39-36-33-30-27-24-21-18-15-12-9-6-3)60-54(59)47-44-41-38-35-32-29-26-23-20-17-14-11-8-5-2/h8,11,17,20,50-52,56-57H,4-7,9-10,12-16,18-19,21-49H2,1-3H3,(H,55,58)/b11-8+,20-17+. The molecule has 3 atom stereocenters. The molecule has 0 aliphatic rings. The Morgan fingerprint density at radius 3 is 1.35 bits per heavy atom. The summed E-state index contributed by atoms with van der Waals surface area (Å²) < 4.78 is 5.94. The predicted molar refractivity (Wildman–Crippen MR) is 260 cm³/mol. The van der Waals surface area contributed by atoms with Crippen LogP contribution in [0.2, 0.25) is 0 Å². The fourth-order valence-electron chi connectivity index (χ4n) is 8.29. The third kappa shape index (κ3) is 43.0. The van der Waals surface area contributed by atoms with Crippen LogP contribution < -0.4 is 5.32 Å². The summed E-state index contributed by atoms with van der Waals surface area (Å²) in [6.07, 6.45) is 55.2. The lowest BCUT2D eigenvalue weighted by Crippen LogP contribution is -2.46. The van der Waals surface area contributed by atoms with Crippen LogP contribution in [0, 0.1) is 0 Å². The monoisotopic (exact) mass is 846 g/mol. The van der Waals surface area contributed by atoms with Crippen molar-refractivity contribution in [3.05, 3.63) is 24.3 Å². The van der Waals surface area contributed by atoms with Gasteiger partial charge in [0.05, 0.1) is 25.2 Å². The Bertz CT molecular complexity index is 950. The number of carbonyl (C=O) groups excluding carboxylic acids is 2. The van der Waals surface area contributed by atoms with Crippen LogP contribution in [0.5, 0.6) is 0 Å². The van der Waals surface area contributed by atoms with Crippen molar-refractivity contribution in [1.82, 2.24) is 5.32 Å². The van der Waals surface area contributed by atoms with Crippen molar-refractivity contribution in [2.75, 3.05) is 6.61 Å². The van der Waals surface area contributed by atoms with E-state index in [2.05, 4.69) is 50.4 Å². The highest BCUT2D eigenvalue weighted by molar-refractivity contribution is 5.77. The molecule has 0 bridgehead atoms. The maximum Gasteiger partial charge on any atom is 0.306 e. The van der Waals surface area contributed by atoms with Crippen LogP contribution in [0.25, 0.3) is 0 Å². The predicted octanol–water partition coefficient (Wildman–Crippen LogP) is 15.9. The van der Waals surface area contributed by atoms with E-state index in [-0.39, 0.29) is 24.9 Å². The number of rotatable bonds is 48. The van der Waals surface area contributed by atoms with Gasteiger partial charge >= 0.3 is 5.97 Å². The lowest BCUT2D eigenvalue weighted by Gasteiger charge is -2.24. The van der Waals surface area contributed by atoms with Crippen molar-refractivity contribution < 1.29 is 24.5 Å². The summed E-state index contributed by atoms with van der Waals surface area (Å²) in [6, 6.07) is -0.698. The Kier molecular flexibility index (Phi) is 47.0. The number of esters is 1. The number of nitrogens with one attached hydrogen (secondary N) is 1. The van der Waals surface area contributed by atoms with Gasteiger partial charge in [0.15, 0.2) is 0 Å². The quantitative estimate of drug-likeness (QED) is 0.0322. The SMILES string of the molecule is CC/C=C/C/C=C/CCCCCCCCCC(=O)OC(CCCCCCCCCCCCCCC)CC(=O)NC(CO)C(O)CCCCCCCCCCCCCCCC. The van der Waals surface area contributed by atoms with Gasteiger partial charge in [0.2, 0.25) is 5.91 Å².